The lowest BCUT2D eigenvalue weighted by atomic mass is 10.2. The molecule has 0 aliphatic carbocycles. The van der Waals surface area contributed by atoms with Gasteiger partial charge in [-0.25, -0.2) is 9.80 Å². The highest BCUT2D eigenvalue weighted by Crippen LogP contribution is 2.15. The van der Waals surface area contributed by atoms with E-state index in [2.05, 4.69) is 10.1 Å². The fourth-order valence-electron chi connectivity index (χ4n) is 1.79. The molecule has 0 bridgehead atoms. The molecule has 120 valence electrons. The third-order valence-electron chi connectivity index (χ3n) is 2.91. The van der Waals surface area contributed by atoms with Crippen LogP contribution in [0.1, 0.15) is 12.5 Å². The molecule has 1 aromatic heterocycles. The van der Waals surface area contributed by atoms with Gasteiger partial charge in [0, 0.05) is 6.20 Å². The molecule has 0 aliphatic rings. The van der Waals surface area contributed by atoms with Crippen molar-refractivity contribution in [2.75, 3.05) is 11.6 Å². The average molecular weight is 320 g/mol. The van der Waals surface area contributed by atoms with Gasteiger partial charge in [0.2, 0.25) is 0 Å². The molecule has 6 nitrogen and oxygen atoms in total. The van der Waals surface area contributed by atoms with Crippen LogP contribution in [0.5, 0.6) is 0 Å². The van der Waals surface area contributed by atoms with E-state index in [1.165, 1.54) is 11.2 Å². The molecule has 0 saturated carbocycles. The maximum absolute atomic E-state index is 11.8. The second kappa shape index (κ2) is 8.86. The summed E-state index contributed by atoms with van der Waals surface area (Å²) in [5.74, 6) is -0.691. The quantitative estimate of drug-likeness (QED) is 0.269. The second-order valence-corrected chi connectivity index (χ2v) is 4.59. The van der Waals surface area contributed by atoms with Crippen LogP contribution in [0.4, 0.5) is 5.69 Å². The van der Waals surface area contributed by atoms with Crippen LogP contribution < -0.4 is 5.01 Å². The Kier molecular flexibility index (Phi) is 6.24. The first-order valence-electron chi connectivity index (χ1n) is 7.32. The van der Waals surface area contributed by atoms with E-state index in [1.807, 2.05) is 36.4 Å². The summed E-state index contributed by atoms with van der Waals surface area (Å²) in [6.07, 6.45) is 6.17. The minimum atomic E-state index is -0.691. The van der Waals surface area contributed by atoms with E-state index >= 15 is 0 Å². The Balaban J connectivity index is 2.35. The van der Waals surface area contributed by atoms with Crippen LogP contribution in [-0.4, -0.2) is 23.8 Å². The van der Waals surface area contributed by atoms with Gasteiger partial charge in [0.25, 0.3) is 0 Å². The predicted octanol–water partition coefficient (Wildman–Crippen LogP) is 2.89. The lowest BCUT2D eigenvalue weighted by Crippen LogP contribution is -2.14. The van der Waals surface area contributed by atoms with Gasteiger partial charge in [-0.2, -0.15) is 10.4 Å². The smallest absolute Gasteiger partial charge is 0.350 e. The maximum Gasteiger partial charge on any atom is 0.350 e. The summed E-state index contributed by atoms with van der Waals surface area (Å²) in [5.41, 5.74) is 1.35. The van der Waals surface area contributed by atoms with Crippen molar-refractivity contribution in [2.45, 2.75) is 6.92 Å². The summed E-state index contributed by atoms with van der Waals surface area (Å²) in [4.78, 5) is 15.8. The van der Waals surface area contributed by atoms with Crippen molar-refractivity contribution in [3.8, 4) is 6.07 Å². The number of hydrogen-bond acceptors (Lipinski definition) is 6. The third-order valence-corrected chi connectivity index (χ3v) is 2.91. The fraction of sp³-hybridized carbons (Fsp3) is 0.111. The van der Waals surface area contributed by atoms with Crippen molar-refractivity contribution in [1.82, 2.24) is 4.98 Å². The Morgan fingerprint density at radius 2 is 2.12 bits per heavy atom. The molecule has 0 N–H and O–H groups in total. The number of anilines is 1. The molecule has 0 amide bonds. The molecule has 0 spiro atoms. The van der Waals surface area contributed by atoms with Gasteiger partial charge < -0.3 is 4.74 Å². The van der Waals surface area contributed by atoms with Crippen LogP contribution in [0.2, 0.25) is 0 Å². The highest BCUT2D eigenvalue weighted by molar-refractivity contribution is 5.93. The van der Waals surface area contributed by atoms with Gasteiger partial charge in [0.05, 0.1) is 30.9 Å². The van der Waals surface area contributed by atoms with Gasteiger partial charge in [0.1, 0.15) is 6.07 Å². The van der Waals surface area contributed by atoms with Crippen molar-refractivity contribution in [1.29, 1.82) is 5.26 Å². The number of benzene rings is 1. The molecule has 0 atom stereocenters. The number of ether oxygens (including phenoxy) is 1. The zero-order valence-electron chi connectivity index (χ0n) is 13.2. The summed E-state index contributed by atoms with van der Waals surface area (Å²) in [6.45, 7) is 1.87. The number of hydrogen-bond donors (Lipinski definition) is 0. The van der Waals surface area contributed by atoms with Gasteiger partial charge >= 0.3 is 5.97 Å². The number of nitrogens with zero attached hydrogens (tertiary/aromatic N) is 4. The van der Waals surface area contributed by atoms with Crippen molar-refractivity contribution >= 4 is 17.9 Å². The van der Waals surface area contributed by atoms with Gasteiger partial charge in [-0.3, -0.25) is 4.98 Å². The molecular formula is C18H16N4O2. The van der Waals surface area contributed by atoms with E-state index in [4.69, 9.17) is 4.74 Å². The number of esters is 1. The first-order valence-corrected chi connectivity index (χ1v) is 7.32. The number of hydrazone groups is 1. The lowest BCUT2D eigenvalue weighted by molar-refractivity contribution is -0.138. The van der Waals surface area contributed by atoms with Crippen LogP contribution in [-0.2, 0) is 9.53 Å². The van der Waals surface area contributed by atoms with Crippen LogP contribution in [0.3, 0.4) is 0 Å². The number of carbonyl (C=O) groups excluding carboxylic acids is 1. The second-order valence-electron chi connectivity index (χ2n) is 4.59. The number of nitriles is 1. The molecule has 1 aromatic carbocycles. The maximum atomic E-state index is 11.8. The molecule has 0 aliphatic heterocycles. The summed E-state index contributed by atoms with van der Waals surface area (Å²) in [7, 11) is 0. The number of aromatic nitrogens is 1. The van der Waals surface area contributed by atoms with Gasteiger partial charge in [-0.1, -0.05) is 30.3 Å². The molecule has 0 unspecified atom stereocenters. The van der Waals surface area contributed by atoms with E-state index in [9.17, 15) is 10.1 Å². The van der Waals surface area contributed by atoms with Crippen LogP contribution in [0.25, 0.3) is 0 Å². The highest BCUT2D eigenvalue weighted by atomic mass is 16.5. The Hall–Kier alpha value is -3.46. The summed E-state index contributed by atoms with van der Waals surface area (Å²) < 4.78 is 4.87. The van der Waals surface area contributed by atoms with Crippen LogP contribution in [0, 0.1) is 11.3 Å². The van der Waals surface area contributed by atoms with Crippen LogP contribution in [0.15, 0.2) is 71.7 Å². The van der Waals surface area contributed by atoms with E-state index in [1.54, 1.807) is 37.7 Å². The Bertz CT molecular complexity index is 765. The van der Waals surface area contributed by atoms with E-state index in [-0.39, 0.29) is 12.2 Å². The minimum Gasteiger partial charge on any atom is -0.462 e. The van der Waals surface area contributed by atoms with E-state index in [0.29, 0.717) is 5.69 Å². The first-order chi connectivity index (χ1) is 11.7. The minimum absolute atomic E-state index is 0.147. The summed E-state index contributed by atoms with van der Waals surface area (Å²) >= 11 is 0. The molecule has 2 rings (SSSR count). The fourth-order valence-corrected chi connectivity index (χ4v) is 1.79. The Labute approximate surface area is 140 Å². The topological polar surface area (TPSA) is 78.6 Å². The molecule has 2 aromatic rings. The Morgan fingerprint density at radius 1 is 1.33 bits per heavy atom. The van der Waals surface area contributed by atoms with Gasteiger partial charge in [-0.15, -0.1) is 0 Å². The standard InChI is InChI=1S/C18H16N4O2/c1-2-24-18(23)16(11-19)14-22(17-9-6-10-20-13-17)21-12-15-7-4-3-5-8-15/h3-10,12-14H,2H2,1H3. The largest absolute Gasteiger partial charge is 0.462 e. The van der Waals surface area contributed by atoms with Crippen LogP contribution >= 0.6 is 0 Å². The summed E-state index contributed by atoms with van der Waals surface area (Å²) in [6, 6.07) is 14.8. The molecule has 0 radical (unpaired) electrons. The first kappa shape index (κ1) is 16.9. The Morgan fingerprint density at radius 3 is 2.75 bits per heavy atom. The zero-order valence-corrected chi connectivity index (χ0v) is 13.2. The zero-order chi connectivity index (χ0) is 17.2. The normalized spacial score (nSPS) is 11.1. The third kappa shape index (κ3) is 4.78. The summed E-state index contributed by atoms with van der Waals surface area (Å²) in [5, 5.41) is 14.9. The molecule has 6 heteroatoms. The number of rotatable bonds is 6. The molecule has 1 heterocycles. The monoisotopic (exact) mass is 320 g/mol. The van der Waals surface area contributed by atoms with Gasteiger partial charge in [0.15, 0.2) is 5.57 Å². The van der Waals surface area contributed by atoms with E-state index < -0.39 is 5.97 Å². The van der Waals surface area contributed by atoms with Crippen molar-refractivity contribution < 1.29 is 9.53 Å². The number of pyridine rings is 1. The molecule has 24 heavy (non-hydrogen) atoms. The van der Waals surface area contributed by atoms with Crippen molar-refractivity contribution in [3.63, 3.8) is 0 Å². The average Bonchev–Trinajstić information content (AvgIpc) is 2.63. The highest BCUT2D eigenvalue weighted by Gasteiger charge is 2.13. The SMILES string of the molecule is CCOC(=O)C(C#N)=CN(N=Cc1ccccc1)c1cccnc1. The molecule has 0 fully saturated rings. The predicted molar refractivity (Wildman–Crippen MR) is 91.1 cm³/mol. The molecule has 0 saturated heterocycles. The van der Waals surface area contributed by atoms with Crippen molar-refractivity contribution in [3.05, 3.63) is 72.2 Å². The van der Waals surface area contributed by atoms with Gasteiger partial charge in [-0.05, 0) is 24.6 Å². The van der Waals surface area contributed by atoms with Crippen molar-refractivity contribution in [2.24, 2.45) is 5.10 Å². The molecular weight excluding hydrogens is 304 g/mol. The number of carbonyl (C=O) groups is 1. The lowest BCUT2D eigenvalue weighted by Gasteiger charge is -2.14. The van der Waals surface area contributed by atoms with E-state index in [0.717, 1.165) is 5.56 Å².